The minimum absolute atomic E-state index is 0.0998. The van der Waals surface area contributed by atoms with Gasteiger partial charge in [-0.2, -0.15) is 9.65 Å². The Kier molecular flexibility index (Phi) is 3.69. The van der Waals surface area contributed by atoms with E-state index in [9.17, 15) is 13.2 Å². The molecule has 0 fully saturated rings. The highest BCUT2D eigenvalue weighted by Crippen LogP contribution is 2.22. The summed E-state index contributed by atoms with van der Waals surface area (Å²) >= 11 is 1.63. The quantitative estimate of drug-likeness (QED) is 0.622. The summed E-state index contributed by atoms with van der Waals surface area (Å²) in [7, 11) is 0. The van der Waals surface area contributed by atoms with Gasteiger partial charge < -0.3 is 0 Å². The van der Waals surface area contributed by atoms with Gasteiger partial charge in [0.1, 0.15) is 5.69 Å². The molecule has 0 aromatic carbocycles. The zero-order chi connectivity index (χ0) is 10.7. The first kappa shape index (κ1) is 11.2. The number of aromatic nitrogens is 1. The first-order valence-electron chi connectivity index (χ1n) is 3.56. The van der Waals surface area contributed by atoms with Crippen LogP contribution in [0.1, 0.15) is 17.7 Å². The molecule has 0 radical (unpaired) electrons. The molecule has 0 saturated carbocycles. The predicted octanol–water partition coefficient (Wildman–Crippen LogP) is 2.83. The Morgan fingerprint density at radius 3 is 2.71 bits per heavy atom. The van der Waals surface area contributed by atoms with Gasteiger partial charge in [-0.1, -0.05) is 0 Å². The standard InChI is InChI=1S/C8H4F3IN2/c9-7(10)5-3-4(1-2-13)6(12)8(11)14-5/h3,7H,1H2. The molecule has 14 heavy (non-hydrogen) atoms. The first-order chi connectivity index (χ1) is 6.56. The van der Waals surface area contributed by atoms with Crippen molar-refractivity contribution >= 4 is 22.6 Å². The van der Waals surface area contributed by atoms with Gasteiger partial charge in [-0.3, -0.25) is 0 Å². The van der Waals surface area contributed by atoms with E-state index in [4.69, 9.17) is 5.26 Å². The van der Waals surface area contributed by atoms with Gasteiger partial charge in [-0.25, -0.2) is 13.8 Å². The third-order valence-electron chi connectivity index (χ3n) is 1.51. The molecule has 0 spiro atoms. The number of rotatable bonds is 2. The van der Waals surface area contributed by atoms with Crippen molar-refractivity contribution in [1.82, 2.24) is 4.98 Å². The van der Waals surface area contributed by atoms with Crippen LogP contribution in [0.3, 0.4) is 0 Å². The molecule has 6 heteroatoms. The van der Waals surface area contributed by atoms with Crippen LogP contribution in [0.25, 0.3) is 0 Å². The van der Waals surface area contributed by atoms with Crippen LogP contribution in [-0.4, -0.2) is 4.98 Å². The lowest BCUT2D eigenvalue weighted by molar-refractivity contribution is 0.144. The second-order valence-corrected chi connectivity index (χ2v) is 3.53. The Labute approximate surface area is 91.9 Å². The van der Waals surface area contributed by atoms with E-state index in [1.54, 1.807) is 28.7 Å². The second kappa shape index (κ2) is 4.59. The normalized spacial score (nSPS) is 10.3. The largest absolute Gasteiger partial charge is 0.280 e. The first-order valence-corrected chi connectivity index (χ1v) is 4.64. The van der Waals surface area contributed by atoms with Gasteiger partial charge in [-0.15, -0.1) is 0 Å². The summed E-state index contributed by atoms with van der Waals surface area (Å²) in [5.74, 6) is -0.950. The minimum Gasteiger partial charge on any atom is -0.218 e. The number of hydrogen-bond donors (Lipinski definition) is 0. The lowest BCUT2D eigenvalue weighted by Crippen LogP contribution is -2.01. The highest BCUT2D eigenvalue weighted by Gasteiger charge is 2.15. The van der Waals surface area contributed by atoms with Gasteiger partial charge in [-0.05, 0) is 34.2 Å². The summed E-state index contributed by atoms with van der Waals surface area (Å²) in [6, 6.07) is 2.83. The van der Waals surface area contributed by atoms with Crippen molar-refractivity contribution in [2.45, 2.75) is 12.8 Å². The summed E-state index contributed by atoms with van der Waals surface area (Å²) in [6.07, 6.45) is -2.92. The molecule has 0 unspecified atom stereocenters. The molecule has 0 aliphatic carbocycles. The van der Waals surface area contributed by atoms with Crippen LogP contribution < -0.4 is 0 Å². The Balaban J connectivity index is 3.22. The highest BCUT2D eigenvalue weighted by molar-refractivity contribution is 14.1. The van der Waals surface area contributed by atoms with Crippen molar-refractivity contribution < 1.29 is 13.2 Å². The van der Waals surface area contributed by atoms with Crippen LogP contribution in [0.15, 0.2) is 6.07 Å². The highest BCUT2D eigenvalue weighted by atomic mass is 127. The summed E-state index contributed by atoms with van der Waals surface area (Å²) in [4.78, 5) is 3.08. The summed E-state index contributed by atoms with van der Waals surface area (Å²) < 4.78 is 37.5. The fourth-order valence-corrected chi connectivity index (χ4v) is 1.36. The van der Waals surface area contributed by atoms with Crippen molar-refractivity contribution in [2.75, 3.05) is 0 Å². The minimum atomic E-state index is -2.82. The Morgan fingerprint density at radius 2 is 2.21 bits per heavy atom. The maximum atomic E-state index is 13.0. The van der Waals surface area contributed by atoms with E-state index in [1.807, 2.05) is 0 Å². The van der Waals surface area contributed by atoms with E-state index in [0.29, 0.717) is 0 Å². The fourth-order valence-electron chi connectivity index (χ4n) is 0.895. The molecule has 1 aromatic rings. The molecule has 0 aliphatic rings. The molecule has 0 atom stereocenters. The van der Waals surface area contributed by atoms with Crippen LogP contribution in [0.4, 0.5) is 13.2 Å². The number of halogens is 4. The molecule has 1 aromatic heterocycles. The third-order valence-corrected chi connectivity index (χ3v) is 2.64. The van der Waals surface area contributed by atoms with Gasteiger partial charge in [0.25, 0.3) is 6.43 Å². The van der Waals surface area contributed by atoms with Gasteiger partial charge in [0.05, 0.1) is 16.1 Å². The van der Waals surface area contributed by atoms with Crippen molar-refractivity contribution in [3.63, 3.8) is 0 Å². The van der Waals surface area contributed by atoms with E-state index in [0.717, 1.165) is 6.07 Å². The van der Waals surface area contributed by atoms with Gasteiger partial charge >= 0.3 is 0 Å². The molecule has 0 aliphatic heterocycles. The van der Waals surface area contributed by atoms with E-state index in [1.165, 1.54) is 0 Å². The Morgan fingerprint density at radius 1 is 1.57 bits per heavy atom. The number of alkyl halides is 2. The summed E-state index contributed by atoms with van der Waals surface area (Å²) in [5, 5.41) is 8.38. The maximum Gasteiger partial charge on any atom is 0.280 e. The molecule has 0 amide bonds. The van der Waals surface area contributed by atoms with E-state index < -0.39 is 18.1 Å². The van der Waals surface area contributed by atoms with Crippen molar-refractivity contribution in [3.05, 3.63) is 26.8 Å². The average molecular weight is 312 g/mol. The van der Waals surface area contributed by atoms with Crippen molar-refractivity contribution in [1.29, 1.82) is 5.26 Å². The van der Waals surface area contributed by atoms with Crippen molar-refractivity contribution in [2.24, 2.45) is 0 Å². The Hall–Kier alpha value is -0.840. The topological polar surface area (TPSA) is 36.7 Å². The van der Waals surface area contributed by atoms with Crippen LogP contribution >= 0.6 is 22.6 Å². The molecule has 0 bridgehead atoms. The summed E-state index contributed by atoms with van der Waals surface area (Å²) in [6.45, 7) is 0. The average Bonchev–Trinajstić information content (AvgIpc) is 2.12. The van der Waals surface area contributed by atoms with Gasteiger partial charge in [0, 0.05) is 0 Å². The van der Waals surface area contributed by atoms with E-state index in [-0.39, 0.29) is 15.6 Å². The van der Waals surface area contributed by atoms with Crippen molar-refractivity contribution in [3.8, 4) is 6.07 Å². The van der Waals surface area contributed by atoms with Crippen LogP contribution in [0.5, 0.6) is 0 Å². The smallest absolute Gasteiger partial charge is 0.218 e. The molecule has 1 rings (SSSR count). The van der Waals surface area contributed by atoms with Crippen LogP contribution in [0.2, 0.25) is 0 Å². The van der Waals surface area contributed by atoms with E-state index >= 15 is 0 Å². The summed E-state index contributed by atoms with van der Waals surface area (Å²) in [5.41, 5.74) is -0.385. The molecule has 1 heterocycles. The number of hydrogen-bond acceptors (Lipinski definition) is 2. The monoisotopic (exact) mass is 312 g/mol. The van der Waals surface area contributed by atoms with E-state index in [2.05, 4.69) is 4.98 Å². The lowest BCUT2D eigenvalue weighted by atomic mass is 10.2. The zero-order valence-corrected chi connectivity index (χ0v) is 8.93. The third kappa shape index (κ3) is 2.35. The lowest BCUT2D eigenvalue weighted by Gasteiger charge is -2.04. The molecular formula is C8H4F3IN2. The molecule has 0 N–H and O–H groups in total. The molecular weight excluding hydrogens is 308 g/mol. The maximum absolute atomic E-state index is 13.0. The molecule has 2 nitrogen and oxygen atoms in total. The predicted molar refractivity (Wildman–Crippen MR) is 51.2 cm³/mol. The van der Waals surface area contributed by atoms with Gasteiger partial charge in [0.2, 0.25) is 5.95 Å². The molecule has 74 valence electrons. The molecule has 0 saturated heterocycles. The van der Waals surface area contributed by atoms with Crippen LogP contribution in [-0.2, 0) is 6.42 Å². The Bertz CT molecular complexity index is 387. The number of pyridine rings is 1. The fraction of sp³-hybridized carbons (Fsp3) is 0.250. The van der Waals surface area contributed by atoms with Gasteiger partial charge in [0.15, 0.2) is 0 Å². The number of nitrogens with zero attached hydrogens (tertiary/aromatic N) is 2. The zero-order valence-electron chi connectivity index (χ0n) is 6.77. The second-order valence-electron chi connectivity index (χ2n) is 2.45. The SMILES string of the molecule is N#CCc1cc(C(F)F)nc(F)c1I. The van der Waals surface area contributed by atoms with Crippen LogP contribution in [0, 0.1) is 20.8 Å². The number of nitriles is 1.